The van der Waals surface area contributed by atoms with Crippen LogP contribution in [-0.4, -0.2) is 21.6 Å². The van der Waals surface area contributed by atoms with Gasteiger partial charge < -0.3 is 4.74 Å². The average molecular weight is 345 g/mol. The van der Waals surface area contributed by atoms with Crippen molar-refractivity contribution in [1.29, 1.82) is 0 Å². The standard InChI is InChI=1S/C17H19N3OS2/c1-3-4-16-19-13(11-22-16)12-23-17-18-9-10-20(17)14-5-7-15(21-2)8-6-14/h5-11H,3-4,12H2,1-2H3. The number of ether oxygens (including phenoxy) is 1. The molecule has 0 aliphatic carbocycles. The lowest BCUT2D eigenvalue weighted by Gasteiger charge is -2.08. The van der Waals surface area contributed by atoms with E-state index in [9.17, 15) is 0 Å². The Bertz CT molecular complexity index is 749. The predicted molar refractivity (Wildman–Crippen MR) is 95.8 cm³/mol. The number of hydrogen-bond donors (Lipinski definition) is 0. The van der Waals surface area contributed by atoms with Crippen molar-refractivity contribution in [2.45, 2.75) is 30.7 Å². The van der Waals surface area contributed by atoms with Crippen LogP contribution in [0.4, 0.5) is 0 Å². The summed E-state index contributed by atoms with van der Waals surface area (Å²) in [5, 5.41) is 4.35. The molecule has 0 saturated carbocycles. The summed E-state index contributed by atoms with van der Waals surface area (Å²) in [5.74, 6) is 1.70. The lowest BCUT2D eigenvalue weighted by atomic mass is 10.3. The Labute approximate surface area is 144 Å². The second kappa shape index (κ2) is 7.66. The number of nitrogens with zero attached hydrogens (tertiary/aromatic N) is 3. The molecule has 0 bridgehead atoms. The maximum absolute atomic E-state index is 5.21. The Morgan fingerprint density at radius 2 is 2.09 bits per heavy atom. The second-order valence-electron chi connectivity index (χ2n) is 5.05. The summed E-state index contributed by atoms with van der Waals surface area (Å²) >= 11 is 3.46. The molecule has 0 aliphatic rings. The molecular weight excluding hydrogens is 326 g/mol. The molecule has 0 aliphatic heterocycles. The number of aryl methyl sites for hydroxylation is 1. The van der Waals surface area contributed by atoms with E-state index < -0.39 is 0 Å². The molecular formula is C17H19N3OS2. The molecule has 0 N–H and O–H groups in total. The fourth-order valence-electron chi connectivity index (χ4n) is 2.22. The molecule has 2 heterocycles. The first kappa shape index (κ1) is 16.1. The Hall–Kier alpha value is -1.79. The summed E-state index contributed by atoms with van der Waals surface area (Å²) in [6, 6.07) is 7.99. The fraction of sp³-hybridized carbons (Fsp3) is 0.294. The summed E-state index contributed by atoms with van der Waals surface area (Å²) in [6.07, 6.45) is 6.02. The summed E-state index contributed by atoms with van der Waals surface area (Å²) in [6.45, 7) is 2.18. The highest BCUT2D eigenvalue weighted by Gasteiger charge is 2.08. The molecule has 0 saturated heterocycles. The van der Waals surface area contributed by atoms with Gasteiger partial charge in [0.1, 0.15) is 5.75 Å². The first-order valence-electron chi connectivity index (χ1n) is 7.54. The zero-order chi connectivity index (χ0) is 16.1. The van der Waals surface area contributed by atoms with Crippen LogP contribution >= 0.6 is 23.1 Å². The van der Waals surface area contributed by atoms with Gasteiger partial charge in [-0.05, 0) is 37.1 Å². The van der Waals surface area contributed by atoms with Crippen molar-refractivity contribution in [3.63, 3.8) is 0 Å². The van der Waals surface area contributed by atoms with Crippen molar-refractivity contribution in [3.05, 3.63) is 52.7 Å². The van der Waals surface area contributed by atoms with Gasteiger partial charge in [-0.3, -0.25) is 4.57 Å². The van der Waals surface area contributed by atoms with Crippen LogP contribution in [0.5, 0.6) is 5.75 Å². The van der Waals surface area contributed by atoms with Gasteiger partial charge in [-0.15, -0.1) is 11.3 Å². The lowest BCUT2D eigenvalue weighted by Crippen LogP contribution is -1.95. The first-order valence-corrected chi connectivity index (χ1v) is 9.40. The van der Waals surface area contributed by atoms with E-state index in [4.69, 9.17) is 4.74 Å². The van der Waals surface area contributed by atoms with Crippen LogP contribution in [0.2, 0.25) is 0 Å². The monoisotopic (exact) mass is 345 g/mol. The van der Waals surface area contributed by atoms with Gasteiger partial charge in [0.05, 0.1) is 17.8 Å². The zero-order valence-corrected chi connectivity index (χ0v) is 14.9. The Morgan fingerprint density at radius 3 is 2.83 bits per heavy atom. The van der Waals surface area contributed by atoms with Crippen LogP contribution < -0.4 is 4.74 Å². The van der Waals surface area contributed by atoms with Crippen LogP contribution in [0, 0.1) is 0 Å². The van der Waals surface area contributed by atoms with Crippen molar-refractivity contribution >= 4 is 23.1 Å². The molecule has 120 valence electrons. The van der Waals surface area contributed by atoms with Gasteiger partial charge in [0, 0.05) is 29.2 Å². The number of aromatic nitrogens is 3. The second-order valence-corrected chi connectivity index (χ2v) is 6.93. The van der Waals surface area contributed by atoms with E-state index in [0.29, 0.717) is 0 Å². The molecule has 3 rings (SSSR count). The van der Waals surface area contributed by atoms with Crippen molar-refractivity contribution in [2.75, 3.05) is 7.11 Å². The molecule has 23 heavy (non-hydrogen) atoms. The number of rotatable bonds is 7. The highest BCUT2D eigenvalue weighted by atomic mass is 32.2. The Morgan fingerprint density at radius 1 is 1.26 bits per heavy atom. The molecule has 0 unspecified atom stereocenters. The lowest BCUT2D eigenvalue weighted by molar-refractivity contribution is 0.414. The van der Waals surface area contributed by atoms with Gasteiger partial charge >= 0.3 is 0 Å². The maximum Gasteiger partial charge on any atom is 0.172 e. The SMILES string of the molecule is CCCc1nc(CSc2nccn2-c2ccc(OC)cc2)cs1. The summed E-state index contributed by atoms with van der Waals surface area (Å²) in [5.41, 5.74) is 2.21. The van der Waals surface area contributed by atoms with Crippen molar-refractivity contribution in [2.24, 2.45) is 0 Å². The Kier molecular flexibility index (Phi) is 5.35. The van der Waals surface area contributed by atoms with E-state index in [-0.39, 0.29) is 0 Å². The molecule has 6 heteroatoms. The third kappa shape index (κ3) is 3.95. The molecule has 3 aromatic rings. The molecule has 0 amide bonds. The molecule has 0 spiro atoms. The average Bonchev–Trinajstić information content (AvgIpc) is 3.22. The van der Waals surface area contributed by atoms with Crippen LogP contribution in [0.25, 0.3) is 5.69 Å². The van der Waals surface area contributed by atoms with Crippen LogP contribution in [0.1, 0.15) is 24.0 Å². The van der Waals surface area contributed by atoms with Gasteiger partial charge in [0.2, 0.25) is 0 Å². The number of benzene rings is 1. The predicted octanol–water partition coefficient (Wildman–Crippen LogP) is 4.58. The van der Waals surface area contributed by atoms with Crippen LogP contribution in [0.15, 0.2) is 47.2 Å². The van der Waals surface area contributed by atoms with Gasteiger partial charge in [0.25, 0.3) is 0 Å². The van der Waals surface area contributed by atoms with E-state index in [1.54, 1.807) is 30.2 Å². The van der Waals surface area contributed by atoms with Gasteiger partial charge in [-0.1, -0.05) is 18.7 Å². The minimum absolute atomic E-state index is 0.841. The highest BCUT2D eigenvalue weighted by Crippen LogP contribution is 2.26. The molecule has 1 aromatic carbocycles. The third-order valence-electron chi connectivity index (χ3n) is 3.37. The van der Waals surface area contributed by atoms with E-state index in [1.165, 1.54) is 5.01 Å². The minimum atomic E-state index is 0.841. The summed E-state index contributed by atoms with van der Waals surface area (Å²) in [4.78, 5) is 9.13. The first-order chi connectivity index (χ1) is 11.3. The van der Waals surface area contributed by atoms with E-state index in [1.807, 2.05) is 36.7 Å². The topological polar surface area (TPSA) is 39.9 Å². The van der Waals surface area contributed by atoms with Gasteiger partial charge in [-0.25, -0.2) is 9.97 Å². The van der Waals surface area contributed by atoms with E-state index in [2.05, 4.69) is 26.8 Å². The van der Waals surface area contributed by atoms with Crippen molar-refractivity contribution < 1.29 is 4.74 Å². The number of hydrogen-bond acceptors (Lipinski definition) is 5. The molecule has 4 nitrogen and oxygen atoms in total. The summed E-state index contributed by atoms with van der Waals surface area (Å²) < 4.78 is 7.29. The quantitative estimate of drug-likeness (QED) is 0.588. The summed E-state index contributed by atoms with van der Waals surface area (Å²) in [7, 11) is 1.67. The van der Waals surface area contributed by atoms with Crippen molar-refractivity contribution in [3.8, 4) is 11.4 Å². The molecule has 0 atom stereocenters. The number of methoxy groups -OCH3 is 1. The van der Waals surface area contributed by atoms with Crippen LogP contribution in [0.3, 0.4) is 0 Å². The smallest absolute Gasteiger partial charge is 0.172 e. The minimum Gasteiger partial charge on any atom is -0.497 e. The normalized spacial score (nSPS) is 10.9. The molecule has 2 aromatic heterocycles. The van der Waals surface area contributed by atoms with Gasteiger partial charge in [-0.2, -0.15) is 0 Å². The Balaban J connectivity index is 1.70. The fourth-order valence-corrected chi connectivity index (χ4v) is 4.09. The van der Waals surface area contributed by atoms with E-state index in [0.717, 1.165) is 40.9 Å². The van der Waals surface area contributed by atoms with Crippen molar-refractivity contribution in [1.82, 2.24) is 14.5 Å². The number of thiazole rings is 1. The maximum atomic E-state index is 5.21. The molecule has 0 fully saturated rings. The number of thioether (sulfide) groups is 1. The van der Waals surface area contributed by atoms with Crippen LogP contribution in [-0.2, 0) is 12.2 Å². The third-order valence-corrected chi connectivity index (χ3v) is 5.33. The van der Waals surface area contributed by atoms with E-state index >= 15 is 0 Å². The highest BCUT2D eigenvalue weighted by molar-refractivity contribution is 7.98. The molecule has 0 radical (unpaired) electrons. The largest absolute Gasteiger partial charge is 0.497 e. The van der Waals surface area contributed by atoms with Gasteiger partial charge in [0.15, 0.2) is 5.16 Å². The zero-order valence-electron chi connectivity index (χ0n) is 13.2. The number of imidazole rings is 1.